The van der Waals surface area contributed by atoms with Gasteiger partial charge < -0.3 is 10.3 Å². The molecule has 0 spiro atoms. The molecule has 0 aliphatic heterocycles. The van der Waals surface area contributed by atoms with Crippen LogP contribution in [0.5, 0.6) is 0 Å². The van der Waals surface area contributed by atoms with Crippen LogP contribution in [0.4, 0.5) is 5.82 Å². The Morgan fingerprint density at radius 3 is 2.88 bits per heavy atom. The molecule has 0 aromatic carbocycles. The lowest BCUT2D eigenvalue weighted by molar-refractivity contribution is 0.541. The lowest BCUT2D eigenvalue weighted by atomic mass is 10.1. The molecule has 0 aliphatic rings. The molecule has 0 saturated heterocycles. The van der Waals surface area contributed by atoms with E-state index in [1.807, 2.05) is 0 Å². The summed E-state index contributed by atoms with van der Waals surface area (Å²) < 4.78 is 0. The van der Waals surface area contributed by atoms with Gasteiger partial charge in [0.2, 0.25) is 0 Å². The number of alkyl halides is 1. The molecular formula is C11H16ClN5. The highest BCUT2D eigenvalue weighted by molar-refractivity contribution is 6.18. The van der Waals surface area contributed by atoms with E-state index in [-0.39, 0.29) is 6.04 Å². The number of nitrogens with zero attached hydrogens (tertiary/aromatic N) is 3. The van der Waals surface area contributed by atoms with Gasteiger partial charge in [0.15, 0.2) is 11.5 Å². The summed E-state index contributed by atoms with van der Waals surface area (Å²) in [6, 6.07) is 0.207. The lowest BCUT2D eigenvalue weighted by Crippen LogP contribution is -2.24. The van der Waals surface area contributed by atoms with Crippen molar-refractivity contribution in [1.29, 1.82) is 0 Å². The zero-order valence-corrected chi connectivity index (χ0v) is 10.7. The van der Waals surface area contributed by atoms with Crippen LogP contribution in [0.3, 0.4) is 0 Å². The topological polar surface area (TPSA) is 66.5 Å². The van der Waals surface area contributed by atoms with Gasteiger partial charge in [0.05, 0.1) is 6.33 Å². The molecular weight excluding hydrogens is 238 g/mol. The number of hydrogen-bond acceptors (Lipinski definition) is 4. The van der Waals surface area contributed by atoms with E-state index in [1.165, 1.54) is 6.33 Å². The number of imidazole rings is 1. The van der Waals surface area contributed by atoms with E-state index < -0.39 is 0 Å². The van der Waals surface area contributed by atoms with Crippen LogP contribution in [0.1, 0.15) is 20.3 Å². The Bertz CT molecular complexity index is 481. The largest absolute Gasteiger partial charge is 0.364 e. The van der Waals surface area contributed by atoms with Crippen molar-refractivity contribution in [3.05, 3.63) is 12.7 Å². The average Bonchev–Trinajstić information content (AvgIpc) is 2.76. The highest BCUT2D eigenvalue weighted by Crippen LogP contribution is 2.18. The van der Waals surface area contributed by atoms with E-state index in [0.29, 0.717) is 17.4 Å². The normalized spacial score (nSPS) is 13.2. The van der Waals surface area contributed by atoms with Crippen LogP contribution in [-0.4, -0.2) is 31.9 Å². The minimum atomic E-state index is 0.207. The maximum absolute atomic E-state index is 5.95. The summed E-state index contributed by atoms with van der Waals surface area (Å²) in [5.41, 5.74) is 1.49. The minimum Gasteiger partial charge on any atom is -0.364 e. The van der Waals surface area contributed by atoms with Crippen molar-refractivity contribution in [2.24, 2.45) is 5.92 Å². The maximum Gasteiger partial charge on any atom is 0.182 e. The number of aromatic amines is 1. The van der Waals surface area contributed by atoms with E-state index in [2.05, 4.69) is 39.1 Å². The smallest absolute Gasteiger partial charge is 0.182 e. The molecule has 1 atom stereocenters. The zero-order chi connectivity index (χ0) is 12.3. The molecule has 0 fully saturated rings. The first-order valence-corrected chi connectivity index (χ1v) is 6.20. The van der Waals surface area contributed by atoms with Crippen molar-refractivity contribution < 1.29 is 0 Å². The summed E-state index contributed by atoms with van der Waals surface area (Å²) in [6.45, 7) is 4.35. The van der Waals surface area contributed by atoms with Gasteiger partial charge in [0.1, 0.15) is 11.8 Å². The Kier molecular flexibility index (Phi) is 3.78. The first kappa shape index (κ1) is 12.1. The zero-order valence-electron chi connectivity index (χ0n) is 9.94. The molecule has 1 unspecified atom stereocenters. The van der Waals surface area contributed by atoms with Crippen molar-refractivity contribution in [1.82, 2.24) is 19.9 Å². The molecule has 6 heteroatoms. The third-order valence-electron chi connectivity index (χ3n) is 2.51. The first-order valence-electron chi connectivity index (χ1n) is 5.67. The van der Waals surface area contributed by atoms with Crippen LogP contribution >= 0.6 is 11.6 Å². The van der Waals surface area contributed by atoms with E-state index in [9.17, 15) is 0 Å². The second-order valence-electron chi connectivity index (χ2n) is 4.45. The van der Waals surface area contributed by atoms with Crippen LogP contribution in [0.15, 0.2) is 12.7 Å². The fraction of sp³-hybridized carbons (Fsp3) is 0.545. The number of halogens is 1. The second-order valence-corrected chi connectivity index (χ2v) is 4.76. The highest BCUT2D eigenvalue weighted by atomic mass is 35.5. The van der Waals surface area contributed by atoms with Crippen LogP contribution in [-0.2, 0) is 0 Å². The third kappa shape index (κ3) is 2.85. The molecule has 0 aliphatic carbocycles. The van der Waals surface area contributed by atoms with Crippen LogP contribution in [0.25, 0.3) is 11.2 Å². The molecule has 0 radical (unpaired) electrons. The first-order chi connectivity index (χ1) is 8.20. The van der Waals surface area contributed by atoms with Gasteiger partial charge in [0.25, 0.3) is 0 Å². The summed E-state index contributed by atoms with van der Waals surface area (Å²) >= 11 is 5.95. The average molecular weight is 254 g/mol. The Morgan fingerprint density at radius 2 is 2.18 bits per heavy atom. The van der Waals surface area contributed by atoms with Crippen molar-refractivity contribution in [3.8, 4) is 0 Å². The number of aromatic nitrogens is 4. The summed E-state index contributed by atoms with van der Waals surface area (Å²) in [5, 5.41) is 3.33. The number of H-pyrrole nitrogens is 1. The summed E-state index contributed by atoms with van der Waals surface area (Å²) in [6.07, 6.45) is 4.12. The quantitative estimate of drug-likeness (QED) is 0.803. The molecule has 0 bridgehead atoms. The summed E-state index contributed by atoms with van der Waals surface area (Å²) in [5.74, 6) is 1.90. The molecule has 2 aromatic rings. The number of anilines is 1. The Balaban J connectivity index is 2.19. The predicted octanol–water partition coefficient (Wildman–Crippen LogP) is 2.42. The van der Waals surface area contributed by atoms with Crippen LogP contribution < -0.4 is 5.32 Å². The van der Waals surface area contributed by atoms with Crippen molar-refractivity contribution in [3.63, 3.8) is 0 Å². The van der Waals surface area contributed by atoms with Gasteiger partial charge in [-0.1, -0.05) is 13.8 Å². The standard InChI is InChI=1S/C11H16ClN5/c1-7(2)3-8(4-12)17-11-9-10(14-5-13-9)15-6-16-11/h5-8H,3-4H2,1-2H3,(H2,13,14,15,16,17). The summed E-state index contributed by atoms with van der Waals surface area (Å²) in [7, 11) is 0. The predicted molar refractivity (Wildman–Crippen MR) is 69.3 cm³/mol. The molecule has 0 saturated carbocycles. The number of nitrogens with one attached hydrogen (secondary N) is 2. The third-order valence-corrected chi connectivity index (χ3v) is 2.88. The second kappa shape index (κ2) is 5.31. The number of hydrogen-bond donors (Lipinski definition) is 2. The Morgan fingerprint density at radius 1 is 1.35 bits per heavy atom. The van der Waals surface area contributed by atoms with Crippen LogP contribution in [0.2, 0.25) is 0 Å². The van der Waals surface area contributed by atoms with Gasteiger partial charge >= 0.3 is 0 Å². The van der Waals surface area contributed by atoms with Gasteiger partial charge in [-0.3, -0.25) is 0 Å². The molecule has 92 valence electrons. The van der Waals surface area contributed by atoms with Gasteiger partial charge in [-0.05, 0) is 12.3 Å². The molecule has 2 N–H and O–H groups in total. The fourth-order valence-electron chi connectivity index (χ4n) is 1.80. The number of rotatable bonds is 5. The minimum absolute atomic E-state index is 0.207. The van der Waals surface area contributed by atoms with Gasteiger partial charge in [-0.15, -0.1) is 11.6 Å². The monoisotopic (exact) mass is 253 g/mol. The molecule has 17 heavy (non-hydrogen) atoms. The van der Waals surface area contributed by atoms with Crippen molar-refractivity contribution in [2.45, 2.75) is 26.3 Å². The number of fused-ring (bicyclic) bond motifs is 1. The summed E-state index contributed by atoms with van der Waals surface area (Å²) in [4.78, 5) is 15.4. The van der Waals surface area contributed by atoms with Crippen molar-refractivity contribution >= 4 is 28.6 Å². The lowest BCUT2D eigenvalue weighted by Gasteiger charge is -2.18. The molecule has 0 amide bonds. The molecule has 2 aromatic heterocycles. The van der Waals surface area contributed by atoms with Crippen LogP contribution in [0, 0.1) is 5.92 Å². The van der Waals surface area contributed by atoms with Crippen molar-refractivity contribution in [2.75, 3.05) is 11.2 Å². The maximum atomic E-state index is 5.95. The molecule has 2 heterocycles. The van der Waals surface area contributed by atoms with E-state index in [4.69, 9.17) is 11.6 Å². The molecule has 5 nitrogen and oxygen atoms in total. The van der Waals surface area contributed by atoms with E-state index in [1.54, 1.807) is 6.33 Å². The SMILES string of the molecule is CC(C)CC(CCl)Nc1ncnc2nc[nH]c12. The van der Waals surface area contributed by atoms with Gasteiger partial charge in [-0.25, -0.2) is 15.0 Å². The van der Waals surface area contributed by atoms with E-state index in [0.717, 1.165) is 17.8 Å². The highest BCUT2D eigenvalue weighted by Gasteiger charge is 2.13. The van der Waals surface area contributed by atoms with Gasteiger partial charge in [0, 0.05) is 11.9 Å². The Hall–Kier alpha value is -1.36. The fourth-order valence-corrected chi connectivity index (χ4v) is 2.00. The van der Waals surface area contributed by atoms with E-state index >= 15 is 0 Å². The Labute approximate surface area is 105 Å². The van der Waals surface area contributed by atoms with Gasteiger partial charge in [-0.2, -0.15) is 0 Å². The molecule has 2 rings (SSSR count).